The van der Waals surface area contributed by atoms with E-state index in [2.05, 4.69) is 36.5 Å². The van der Waals surface area contributed by atoms with Crippen LogP contribution in [-0.4, -0.2) is 39.9 Å². The molecule has 1 saturated heterocycles. The Morgan fingerprint density at radius 3 is 2.62 bits per heavy atom. The second-order valence-electron chi connectivity index (χ2n) is 8.40. The Labute approximate surface area is 178 Å². The third kappa shape index (κ3) is 3.00. The van der Waals surface area contributed by atoms with Crippen molar-refractivity contribution in [3.63, 3.8) is 0 Å². The molecule has 0 bridgehead atoms. The van der Waals surface area contributed by atoms with Gasteiger partial charge in [-0.15, -0.1) is 0 Å². The van der Waals surface area contributed by atoms with Crippen LogP contribution in [0.2, 0.25) is 0 Å². The maximum Gasteiger partial charge on any atom is 0.180 e. The summed E-state index contributed by atoms with van der Waals surface area (Å²) in [5.74, 6) is 0.129. The number of aromatic nitrogens is 2. The fourth-order valence-corrected chi connectivity index (χ4v) is 5.22. The van der Waals surface area contributed by atoms with E-state index in [1.54, 1.807) is 18.3 Å². The van der Waals surface area contributed by atoms with Gasteiger partial charge in [0.2, 0.25) is 0 Å². The van der Waals surface area contributed by atoms with Gasteiger partial charge in [0.05, 0.1) is 34.8 Å². The van der Waals surface area contributed by atoms with Crippen LogP contribution in [-0.2, 0) is 0 Å². The number of halogens is 1. The molecule has 0 atom stereocenters. The second kappa shape index (κ2) is 6.79. The van der Waals surface area contributed by atoms with E-state index >= 15 is 0 Å². The van der Waals surface area contributed by atoms with Gasteiger partial charge in [-0.25, -0.2) is 0 Å². The topological polar surface area (TPSA) is 61.9 Å². The molecule has 0 N–H and O–H groups in total. The lowest BCUT2D eigenvalue weighted by Crippen LogP contribution is -2.60. The Morgan fingerprint density at radius 1 is 1.28 bits per heavy atom. The number of likely N-dealkylation sites (tertiary alicyclic amines) is 1. The zero-order valence-corrected chi connectivity index (χ0v) is 17.9. The van der Waals surface area contributed by atoms with Crippen molar-refractivity contribution in [2.24, 2.45) is 5.41 Å². The Morgan fingerprint density at radius 2 is 2.00 bits per heavy atom. The van der Waals surface area contributed by atoms with Gasteiger partial charge in [-0.3, -0.25) is 14.7 Å². The monoisotopic (exact) mass is 448 g/mol. The standard InChI is InChI=1S/C23H21BrN4O/c1-15-21(20(29)12-27-13-23(14-27)7-2-8-23)22-19(9-17(24)11-26-22)28(15)18-5-3-16(10-25)4-6-18/h3-6,9,11H,2,7-8,12-14H2,1H3. The van der Waals surface area contributed by atoms with E-state index in [9.17, 15) is 4.79 Å². The SMILES string of the molecule is Cc1c(C(=O)CN2CC3(CCC3)C2)c2ncc(Br)cc2n1-c1ccc(C#N)cc1. The molecule has 3 aromatic rings. The van der Waals surface area contributed by atoms with Crippen LogP contribution in [0.4, 0.5) is 0 Å². The molecule has 5 rings (SSSR count). The van der Waals surface area contributed by atoms with Gasteiger partial charge in [0.25, 0.3) is 0 Å². The van der Waals surface area contributed by atoms with Crippen molar-refractivity contribution in [3.8, 4) is 11.8 Å². The summed E-state index contributed by atoms with van der Waals surface area (Å²) in [4.78, 5) is 20.1. The van der Waals surface area contributed by atoms with Gasteiger partial charge in [0.15, 0.2) is 5.78 Å². The van der Waals surface area contributed by atoms with Crippen LogP contribution in [0.15, 0.2) is 41.0 Å². The van der Waals surface area contributed by atoms with E-state index in [0.29, 0.717) is 23.1 Å². The number of nitriles is 1. The smallest absolute Gasteiger partial charge is 0.180 e. The molecule has 29 heavy (non-hydrogen) atoms. The predicted octanol–water partition coefficient (Wildman–Crippen LogP) is 4.64. The van der Waals surface area contributed by atoms with Crippen molar-refractivity contribution in [1.29, 1.82) is 5.26 Å². The molecule has 2 fully saturated rings. The quantitative estimate of drug-likeness (QED) is 0.545. The average molecular weight is 449 g/mol. The molecule has 0 amide bonds. The normalized spacial score (nSPS) is 17.7. The van der Waals surface area contributed by atoms with Crippen LogP contribution in [0.5, 0.6) is 0 Å². The van der Waals surface area contributed by atoms with Crippen LogP contribution in [0, 0.1) is 23.7 Å². The number of nitrogens with zero attached hydrogens (tertiary/aromatic N) is 4. The summed E-state index contributed by atoms with van der Waals surface area (Å²) >= 11 is 3.51. The minimum atomic E-state index is 0.129. The number of rotatable bonds is 4. The van der Waals surface area contributed by atoms with Gasteiger partial charge in [0, 0.05) is 35.1 Å². The summed E-state index contributed by atoms with van der Waals surface area (Å²) in [6.07, 6.45) is 5.70. The molecule has 3 heterocycles. The van der Waals surface area contributed by atoms with Gasteiger partial charge in [-0.2, -0.15) is 5.26 Å². The van der Waals surface area contributed by atoms with E-state index in [1.807, 2.05) is 25.1 Å². The number of ketones is 1. The molecule has 1 saturated carbocycles. The lowest BCUT2D eigenvalue weighted by atomic mass is 9.63. The average Bonchev–Trinajstić information content (AvgIpc) is 2.94. The number of hydrogen-bond acceptors (Lipinski definition) is 4. The number of Topliss-reactive ketones (excluding diaryl/α,β-unsaturated/α-hetero) is 1. The highest BCUT2D eigenvalue weighted by molar-refractivity contribution is 9.10. The summed E-state index contributed by atoms with van der Waals surface area (Å²) in [6.45, 7) is 4.52. The maximum atomic E-state index is 13.3. The molecule has 146 valence electrons. The Balaban J connectivity index is 1.54. The third-order valence-corrected chi connectivity index (χ3v) is 6.88. The molecule has 1 aliphatic carbocycles. The van der Waals surface area contributed by atoms with Gasteiger partial charge in [-0.05, 0) is 71.4 Å². The van der Waals surface area contributed by atoms with Crippen LogP contribution in [0.25, 0.3) is 16.7 Å². The summed E-state index contributed by atoms with van der Waals surface area (Å²) in [5.41, 5.74) is 5.26. The molecule has 1 spiro atoms. The summed E-state index contributed by atoms with van der Waals surface area (Å²) < 4.78 is 2.93. The third-order valence-electron chi connectivity index (χ3n) is 6.44. The van der Waals surface area contributed by atoms with Gasteiger partial charge in [0.1, 0.15) is 0 Å². The van der Waals surface area contributed by atoms with E-state index < -0.39 is 0 Å². The maximum absolute atomic E-state index is 13.3. The highest BCUT2D eigenvalue weighted by atomic mass is 79.9. The first kappa shape index (κ1) is 18.5. The van der Waals surface area contributed by atoms with Gasteiger partial charge >= 0.3 is 0 Å². The minimum absolute atomic E-state index is 0.129. The molecule has 1 aliphatic heterocycles. The predicted molar refractivity (Wildman–Crippen MR) is 115 cm³/mol. The Bertz CT molecular complexity index is 1160. The number of carbonyl (C=O) groups is 1. The first-order valence-corrected chi connectivity index (χ1v) is 10.7. The van der Waals surface area contributed by atoms with Crippen molar-refractivity contribution < 1.29 is 4.79 Å². The van der Waals surface area contributed by atoms with Crippen LogP contribution in [0.3, 0.4) is 0 Å². The number of pyridine rings is 1. The van der Waals surface area contributed by atoms with Gasteiger partial charge in [-0.1, -0.05) is 6.42 Å². The number of fused-ring (bicyclic) bond motifs is 1. The summed E-state index contributed by atoms with van der Waals surface area (Å²) in [7, 11) is 0. The molecule has 1 aromatic carbocycles. The molecule has 6 heteroatoms. The zero-order chi connectivity index (χ0) is 20.2. The second-order valence-corrected chi connectivity index (χ2v) is 9.31. The summed E-state index contributed by atoms with van der Waals surface area (Å²) in [6, 6.07) is 11.6. The van der Waals surface area contributed by atoms with Crippen LogP contribution < -0.4 is 0 Å². The lowest BCUT2D eigenvalue weighted by Gasteiger charge is -2.55. The molecular formula is C23H21BrN4O. The van der Waals surface area contributed by atoms with Crippen molar-refractivity contribution in [3.05, 3.63) is 57.8 Å². The Kier molecular flexibility index (Phi) is 4.34. The summed E-state index contributed by atoms with van der Waals surface area (Å²) in [5, 5.41) is 9.09. The Hall–Kier alpha value is -2.49. The minimum Gasteiger partial charge on any atom is -0.311 e. The van der Waals surface area contributed by atoms with Crippen LogP contribution in [0.1, 0.15) is 40.9 Å². The number of benzene rings is 1. The van der Waals surface area contributed by atoms with E-state index in [0.717, 1.165) is 40.0 Å². The van der Waals surface area contributed by atoms with Crippen molar-refractivity contribution >= 4 is 32.7 Å². The fraction of sp³-hybridized carbons (Fsp3) is 0.348. The highest BCUT2D eigenvalue weighted by Gasteiger charge is 2.47. The number of hydrogen-bond donors (Lipinski definition) is 0. The molecule has 2 aromatic heterocycles. The molecule has 5 nitrogen and oxygen atoms in total. The first-order valence-electron chi connectivity index (χ1n) is 9.92. The van der Waals surface area contributed by atoms with Crippen molar-refractivity contribution in [1.82, 2.24) is 14.5 Å². The van der Waals surface area contributed by atoms with E-state index in [4.69, 9.17) is 5.26 Å². The molecule has 0 radical (unpaired) electrons. The molecule has 2 aliphatic rings. The molecular weight excluding hydrogens is 428 g/mol. The fourth-order valence-electron chi connectivity index (χ4n) is 4.90. The molecule has 0 unspecified atom stereocenters. The zero-order valence-electron chi connectivity index (χ0n) is 16.3. The van der Waals surface area contributed by atoms with Crippen LogP contribution >= 0.6 is 15.9 Å². The highest BCUT2D eigenvalue weighted by Crippen LogP contribution is 2.48. The first-order chi connectivity index (χ1) is 14.0. The number of carbonyl (C=O) groups excluding carboxylic acids is 1. The van der Waals surface area contributed by atoms with E-state index in [1.165, 1.54) is 19.3 Å². The largest absolute Gasteiger partial charge is 0.311 e. The van der Waals surface area contributed by atoms with Gasteiger partial charge < -0.3 is 4.57 Å². The van der Waals surface area contributed by atoms with Crippen molar-refractivity contribution in [2.45, 2.75) is 26.2 Å². The van der Waals surface area contributed by atoms with E-state index in [-0.39, 0.29) is 5.78 Å². The lowest BCUT2D eigenvalue weighted by molar-refractivity contribution is -0.0544. The van der Waals surface area contributed by atoms with Crippen molar-refractivity contribution in [2.75, 3.05) is 19.6 Å².